The van der Waals surface area contributed by atoms with Crippen LogP contribution in [0.2, 0.25) is 0 Å². The van der Waals surface area contributed by atoms with Crippen LogP contribution in [0.25, 0.3) is 0 Å². The van der Waals surface area contributed by atoms with E-state index in [0.29, 0.717) is 5.92 Å². The molecule has 1 saturated heterocycles. The van der Waals surface area contributed by atoms with Crippen molar-refractivity contribution >= 4 is 0 Å². The summed E-state index contributed by atoms with van der Waals surface area (Å²) in [7, 11) is 0. The van der Waals surface area contributed by atoms with Crippen LogP contribution in [0, 0.1) is 11.8 Å². The lowest BCUT2D eigenvalue weighted by Crippen LogP contribution is -2.33. The van der Waals surface area contributed by atoms with Crippen molar-refractivity contribution in [2.45, 2.75) is 46.5 Å². The molecular formula is C16H30N4O. The fraction of sp³-hybridized carbons (Fsp3) is 0.875. The van der Waals surface area contributed by atoms with Gasteiger partial charge in [-0.2, -0.15) is 4.98 Å². The molecule has 0 aliphatic carbocycles. The molecule has 1 aliphatic rings. The first-order valence-electron chi connectivity index (χ1n) is 8.47. The van der Waals surface area contributed by atoms with Gasteiger partial charge in [0.2, 0.25) is 5.89 Å². The second-order valence-corrected chi connectivity index (χ2v) is 6.17. The Kier molecular flexibility index (Phi) is 6.64. The van der Waals surface area contributed by atoms with E-state index in [9.17, 15) is 0 Å². The van der Waals surface area contributed by atoms with Crippen molar-refractivity contribution in [2.75, 3.05) is 32.7 Å². The lowest BCUT2D eigenvalue weighted by molar-refractivity contribution is 0.256. The van der Waals surface area contributed by atoms with Crippen molar-refractivity contribution in [3.8, 4) is 0 Å². The summed E-state index contributed by atoms with van der Waals surface area (Å²) in [6.07, 6.45) is 4.39. The molecule has 2 rings (SSSR count). The molecule has 5 nitrogen and oxygen atoms in total. The summed E-state index contributed by atoms with van der Waals surface area (Å²) in [5, 5.41) is 7.61. The predicted molar refractivity (Wildman–Crippen MR) is 84.3 cm³/mol. The first kappa shape index (κ1) is 16.4. The molecule has 21 heavy (non-hydrogen) atoms. The monoisotopic (exact) mass is 294 g/mol. The van der Waals surface area contributed by atoms with Crippen molar-refractivity contribution in [2.24, 2.45) is 11.8 Å². The number of likely N-dealkylation sites (N-methyl/N-ethyl adjacent to an activating group) is 1. The molecule has 2 atom stereocenters. The van der Waals surface area contributed by atoms with Crippen LogP contribution in [-0.4, -0.2) is 47.8 Å². The molecule has 1 N–H and O–H groups in total. The zero-order valence-electron chi connectivity index (χ0n) is 13.8. The number of rotatable bonds is 8. The quantitative estimate of drug-likeness (QED) is 0.796. The van der Waals surface area contributed by atoms with Crippen LogP contribution in [0.5, 0.6) is 0 Å². The Balaban J connectivity index is 1.79. The Morgan fingerprint density at radius 2 is 2.19 bits per heavy atom. The number of nitrogens with zero attached hydrogens (tertiary/aromatic N) is 3. The minimum atomic E-state index is 0.605. The molecule has 0 amide bonds. The average Bonchev–Trinajstić information content (AvgIpc) is 2.96. The zero-order valence-corrected chi connectivity index (χ0v) is 13.8. The lowest BCUT2D eigenvalue weighted by atomic mass is 9.85. The standard InChI is InChI=1S/C16H30N4O/c1-4-20(5-2)10-8-15-18-16(21-19-15)11-13(3)14-7-6-9-17-12-14/h13-14,17H,4-12H2,1-3H3. The van der Waals surface area contributed by atoms with E-state index in [2.05, 4.69) is 41.1 Å². The molecule has 0 aromatic carbocycles. The van der Waals surface area contributed by atoms with Gasteiger partial charge in [0.25, 0.3) is 0 Å². The van der Waals surface area contributed by atoms with Crippen LogP contribution in [-0.2, 0) is 12.8 Å². The molecule has 2 heterocycles. The average molecular weight is 294 g/mol. The largest absolute Gasteiger partial charge is 0.339 e. The summed E-state index contributed by atoms with van der Waals surface area (Å²) in [5.41, 5.74) is 0. The summed E-state index contributed by atoms with van der Waals surface area (Å²) in [6.45, 7) is 12.1. The highest BCUT2D eigenvalue weighted by molar-refractivity contribution is 4.90. The van der Waals surface area contributed by atoms with Crippen molar-refractivity contribution < 1.29 is 4.52 Å². The Bertz CT molecular complexity index is 397. The molecule has 0 saturated carbocycles. The summed E-state index contributed by atoms with van der Waals surface area (Å²) < 4.78 is 5.43. The minimum Gasteiger partial charge on any atom is -0.339 e. The summed E-state index contributed by atoms with van der Waals surface area (Å²) >= 11 is 0. The maximum atomic E-state index is 5.43. The van der Waals surface area contributed by atoms with Gasteiger partial charge in [0, 0.05) is 19.4 Å². The lowest BCUT2D eigenvalue weighted by Gasteiger charge is -2.27. The van der Waals surface area contributed by atoms with Gasteiger partial charge in [-0.15, -0.1) is 0 Å². The number of hydrogen-bond donors (Lipinski definition) is 1. The number of nitrogens with one attached hydrogen (secondary N) is 1. The van der Waals surface area contributed by atoms with Crippen molar-refractivity contribution in [1.29, 1.82) is 0 Å². The first-order chi connectivity index (χ1) is 10.2. The van der Waals surface area contributed by atoms with Crippen LogP contribution in [0.4, 0.5) is 0 Å². The van der Waals surface area contributed by atoms with E-state index >= 15 is 0 Å². The van der Waals surface area contributed by atoms with Gasteiger partial charge in [-0.1, -0.05) is 25.9 Å². The molecule has 1 aromatic heterocycles. The molecule has 0 bridgehead atoms. The van der Waals surface area contributed by atoms with Gasteiger partial charge < -0.3 is 14.7 Å². The van der Waals surface area contributed by atoms with Gasteiger partial charge >= 0.3 is 0 Å². The van der Waals surface area contributed by atoms with Crippen molar-refractivity contribution in [3.63, 3.8) is 0 Å². The van der Waals surface area contributed by atoms with Crippen LogP contribution >= 0.6 is 0 Å². The molecule has 5 heteroatoms. The van der Waals surface area contributed by atoms with Crippen LogP contribution in [0.3, 0.4) is 0 Å². The highest BCUT2D eigenvalue weighted by Gasteiger charge is 2.22. The Labute approximate surface area is 128 Å². The Morgan fingerprint density at radius 1 is 1.38 bits per heavy atom. The SMILES string of the molecule is CCN(CC)CCc1noc(CC(C)C2CCCNC2)n1. The second-order valence-electron chi connectivity index (χ2n) is 6.17. The fourth-order valence-electron chi connectivity index (χ4n) is 3.08. The molecule has 1 fully saturated rings. The molecule has 1 aromatic rings. The number of hydrogen-bond acceptors (Lipinski definition) is 5. The van der Waals surface area contributed by atoms with Crippen LogP contribution in [0.15, 0.2) is 4.52 Å². The van der Waals surface area contributed by atoms with E-state index in [-0.39, 0.29) is 0 Å². The third kappa shape index (κ3) is 5.08. The van der Waals surface area contributed by atoms with Gasteiger partial charge in [0.15, 0.2) is 5.82 Å². The molecule has 1 aliphatic heterocycles. The highest BCUT2D eigenvalue weighted by Crippen LogP contribution is 2.22. The van der Waals surface area contributed by atoms with E-state index in [1.54, 1.807) is 0 Å². The maximum Gasteiger partial charge on any atom is 0.226 e. The van der Waals surface area contributed by atoms with E-state index in [1.807, 2.05) is 0 Å². The van der Waals surface area contributed by atoms with Gasteiger partial charge in [-0.25, -0.2) is 0 Å². The van der Waals surface area contributed by atoms with Gasteiger partial charge in [0.1, 0.15) is 0 Å². The van der Waals surface area contributed by atoms with E-state index in [4.69, 9.17) is 4.52 Å². The predicted octanol–water partition coefficient (Wildman–Crippen LogP) is 2.13. The topological polar surface area (TPSA) is 54.2 Å². The fourth-order valence-corrected chi connectivity index (χ4v) is 3.08. The molecular weight excluding hydrogens is 264 g/mol. The van der Waals surface area contributed by atoms with E-state index in [1.165, 1.54) is 19.4 Å². The summed E-state index contributed by atoms with van der Waals surface area (Å²) in [5.74, 6) is 3.01. The third-order valence-corrected chi connectivity index (χ3v) is 4.69. The molecule has 0 radical (unpaired) electrons. The second kappa shape index (κ2) is 8.49. The Morgan fingerprint density at radius 3 is 2.86 bits per heavy atom. The normalized spacial score (nSPS) is 20.9. The molecule has 0 spiro atoms. The van der Waals surface area contributed by atoms with Crippen molar-refractivity contribution in [3.05, 3.63) is 11.7 Å². The minimum absolute atomic E-state index is 0.605. The number of piperidine rings is 1. The molecule has 2 unspecified atom stereocenters. The summed E-state index contributed by atoms with van der Waals surface area (Å²) in [6, 6.07) is 0. The third-order valence-electron chi connectivity index (χ3n) is 4.69. The smallest absolute Gasteiger partial charge is 0.226 e. The van der Waals surface area contributed by atoms with Crippen LogP contribution < -0.4 is 5.32 Å². The zero-order chi connectivity index (χ0) is 15.1. The first-order valence-corrected chi connectivity index (χ1v) is 8.47. The van der Waals surface area contributed by atoms with Gasteiger partial charge in [-0.3, -0.25) is 0 Å². The number of aromatic nitrogens is 2. The van der Waals surface area contributed by atoms with Crippen LogP contribution in [0.1, 0.15) is 45.3 Å². The maximum absolute atomic E-state index is 5.43. The Hall–Kier alpha value is -0.940. The van der Waals surface area contributed by atoms with Gasteiger partial charge in [0.05, 0.1) is 0 Å². The summed E-state index contributed by atoms with van der Waals surface area (Å²) in [4.78, 5) is 6.94. The highest BCUT2D eigenvalue weighted by atomic mass is 16.5. The van der Waals surface area contributed by atoms with E-state index in [0.717, 1.165) is 56.7 Å². The molecule has 120 valence electrons. The van der Waals surface area contributed by atoms with Gasteiger partial charge in [-0.05, 0) is 50.9 Å². The van der Waals surface area contributed by atoms with E-state index < -0.39 is 0 Å². The van der Waals surface area contributed by atoms with Crippen molar-refractivity contribution in [1.82, 2.24) is 20.4 Å².